The second-order valence-electron chi connectivity index (χ2n) is 7.71. The summed E-state index contributed by atoms with van der Waals surface area (Å²) in [4.78, 5) is 33.5. The van der Waals surface area contributed by atoms with Gasteiger partial charge < -0.3 is 19.9 Å². The maximum Gasteiger partial charge on any atom is 0.252 e. The van der Waals surface area contributed by atoms with Gasteiger partial charge in [-0.25, -0.2) is 0 Å². The molecular weight excluding hydrogens is 414 g/mol. The van der Waals surface area contributed by atoms with Crippen LogP contribution in [0.4, 0.5) is 5.69 Å². The number of fused-ring (bicyclic) bond motifs is 1. The van der Waals surface area contributed by atoms with Crippen molar-refractivity contribution in [1.82, 2.24) is 15.2 Å². The number of nitrogens with one attached hydrogen (secondary N) is 1. The Morgan fingerprint density at radius 1 is 1.35 bits per heavy atom. The number of rotatable bonds is 4. The first-order chi connectivity index (χ1) is 15.1. The third-order valence-electron chi connectivity index (χ3n) is 5.66. The minimum Gasteiger partial charge on any atom is -0.377 e. The second kappa shape index (κ2) is 9.54. The van der Waals surface area contributed by atoms with E-state index in [0.717, 1.165) is 36.1 Å². The molecule has 2 amide bonds. The van der Waals surface area contributed by atoms with Gasteiger partial charge in [-0.05, 0) is 37.6 Å². The van der Waals surface area contributed by atoms with Gasteiger partial charge in [-0.2, -0.15) is 5.26 Å². The molecule has 2 aliphatic heterocycles. The summed E-state index contributed by atoms with van der Waals surface area (Å²) in [6.07, 6.45) is 2.78. The molecule has 0 unspecified atom stereocenters. The van der Waals surface area contributed by atoms with Crippen LogP contribution >= 0.6 is 11.8 Å². The van der Waals surface area contributed by atoms with E-state index in [0.29, 0.717) is 23.8 Å². The molecule has 0 radical (unpaired) electrons. The van der Waals surface area contributed by atoms with E-state index in [1.807, 2.05) is 18.2 Å². The van der Waals surface area contributed by atoms with Crippen LogP contribution in [-0.4, -0.2) is 71.7 Å². The topological polar surface area (TPSA) is 98.6 Å². The van der Waals surface area contributed by atoms with Gasteiger partial charge in [0.1, 0.15) is 6.04 Å². The normalized spacial score (nSPS) is 21.5. The van der Waals surface area contributed by atoms with Crippen molar-refractivity contribution < 1.29 is 14.3 Å². The van der Waals surface area contributed by atoms with Gasteiger partial charge in [0.05, 0.1) is 42.3 Å². The van der Waals surface area contributed by atoms with Crippen LogP contribution in [-0.2, 0) is 9.53 Å². The zero-order valence-corrected chi connectivity index (χ0v) is 18.2. The molecule has 1 aromatic heterocycles. The number of ether oxygens (including phenoxy) is 1. The fourth-order valence-corrected chi connectivity index (χ4v) is 4.94. The number of thioether (sulfide) groups is 1. The van der Waals surface area contributed by atoms with E-state index in [1.54, 1.807) is 24.0 Å². The molecule has 2 aliphatic rings. The molecule has 162 valence electrons. The molecule has 3 heterocycles. The van der Waals surface area contributed by atoms with Crippen LogP contribution in [0.3, 0.4) is 0 Å². The fraction of sp³-hybridized carbons (Fsp3) is 0.455. The smallest absolute Gasteiger partial charge is 0.252 e. The molecule has 8 nitrogen and oxygen atoms in total. The zero-order chi connectivity index (χ0) is 21.8. The Hall–Kier alpha value is -2.83. The maximum atomic E-state index is 12.9. The molecule has 2 fully saturated rings. The molecule has 1 aromatic carbocycles. The molecule has 1 N–H and O–H groups in total. The molecule has 0 aliphatic carbocycles. The predicted molar refractivity (Wildman–Crippen MR) is 120 cm³/mol. The Morgan fingerprint density at radius 2 is 2.23 bits per heavy atom. The zero-order valence-electron chi connectivity index (χ0n) is 17.4. The Morgan fingerprint density at radius 3 is 3.06 bits per heavy atom. The Labute approximate surface area is 185 Å². The van der Waals surface area contributed by atoms with E-state index in [1.165, 1.54) is 4.90 Å². The molecule has 0 saturated carbocycles. The molecule has 2 atom stereocenters. The highest BCUT2D eigenvalue weighted by molar-refractivity contribution is 7.99. The number of amides is 2. The third-order valence-corrected chi connectivity index (χ3v) is 6.67. The predicted octanol–water partition coefficient (Wildman–Crippen LogP) is 2.00. The van der Waals surface area contributed by atoms with Gasteiger partial charge in [0.2, 0.25) is 5.91 Å². The summed E-state index contributed by atoms with van der Waals surface area (Å²) in [7, 11) is 0. The molecule has 2 aromatic rings. The number of carbonyl (C=O) groups is 2. The van der Waals surface area contributed by atoms with Crippen molar-refractivity contribution in [3.05, 3.63) is 36.0 Å². The van der Waals surface area contributed by atoms with Crippen molar-refractivity contribution >= 4 is 40.2 Å². The first kappa shape index (κ1) is 21.4. The van der Waals surface area contributed by atoms with E-state index in [2.05, 4.69) is 28.2 Å². The second-order valence-corrected chi connectivity index (χ2v) is 8.71. The average Bonchev–Trinajstić information content (AvgIpc) is 3.17. The van der Waals surface area contributed by atoms with Crippen molar-refractivity contribution in [1.29, 1.82) is 5.26 Å². The van der Waals surface area contributed by atoms with Crippen molar-refractivity contribution in [2.45, 2.75) is 25.5 Å². The van der Waals surface area contributed by atoms with E-state index in [-0.39, 0.29) is 24.5 Å². The standard InChI is InChI=1S/C22H25N5O3S/c1-15-5-7-26(8-9-30-15)16-2-3-20-19(10-16)18(4-6-24-20)22(29)25-12-21(28)27-14-31-13-17(27)11-23/h2-4,6,10,15,17H,5,7-9,12-14H2,1H3,(H,25,29)/t15-,17-/m1/s1. The lowest BCUT2D eigenvalue weighted by Crippen LogP contribution is -2.42. The average molecular weight is 440 g/mol. The number of aromatic nitrogens is 1. The van der Waals surface area contributed by atoms with Crippen LogP contribution in [0.25, 0.3) is 10.9 Å². The molecule has 31 heavy (non-hydrogen) atoms. The third kappa shape index (κ3) is 4.75. The Bertz CT molecular complexity index is 1020. The van der Waals surface area contributed by atoms with Crippen LogP contribution in [0, 0.1) is 11.3 Å². The first-order valence-electron chi connectivity index (χ1n) is 10.4. The summed E-state index contributed by atoms with van der Waals surface area (Å²) in [5.41, 5.74) is 2.23. The van der Waals surface area contributed by atoms with Gasteiger partial charge in [0, 0.05) is 36.1 Å². The van der Waals surface area contributed by atoms with Crippen LogP contribution in [0.1, 0.15) is 23.7 Å². The van der Waals surface area contributed by atoms with E-state index < -0.39 is 6.04 Å². The van der Waals surface area contributed by atoms with Crippen LogP contribution in [0.15, 0.2) is 30.5 Å². The van der Waals surface area contributed by atoms with E-state index >= 15 is 0 Å². The maximum absolute atomic E-state index is 12.9. The number of carbonyl (C=O) groups excluding carboxylic acids is 2. The van der Waals surface area contributed by atoms with Crippen molar-refractivity contribution in [2.24, 2.45) is 0 Å². The number of nitrogens with zero attached hydrogens (tertiary/aromatic N) is 4. The van der Waals surface area contributed by atoms with Gasteiger partial charge in [-0.1, -0.05) is 0 Å². The monoisotopic (exact) mass is 439 g/mol. The summed E-state index contributed by atoms with van der Waals surface area (Å²) in [6.45, 7) is 4.29. The highest BCUT2D eigenvalue weighted by Crippen LogP contribution is 2.25. The van der Waals surface area contributed by atoms with Gasteiger partial charge >= 0.3 is 0 Å². The summed E-state index contributed by atoms with van der Waals surface area (Å²) in [5.74, 6) is 0.509. The van der Waals surface area contributed by atoms with E-state index in [4.69, 9.17) is 10.00 Å². The van der Waals surface area contributed by atoms with E-state index in [9.17, 15) is 9.59 Å². The van der Waals surface area contributed by atoms with Crippen LogP contribution in [0.5, 0.6) is 0 Å². The summed E-state index contributed by atoms with van der Waals surface area (Å²) >= 11 is 1.54. The molecule has 9 heteroatoms. The lowest BCUT2D eigenvalue weighted by atomic mass is 10.1. The minimum absolute atomic E-state index is 0.136. The SMILES string of the molecule is C[C@@H]1CCN(c2ccc3nccc(C(=O)NCC(=O)N4CSC[C@H]4C#N)c3c2)CCO1. The van der Waals surface area contributed by atoms with Crippen LogP contribution in [0.2, 0.25) is 0 Å². The fourth-order valence-electron chi connectivity index (χ4n) is 3.83. The molecule has 0 spiro atoms. The first-order valence-corrected chi connectivity index (χ1v) is 11.5. The summed E-state index contributed by atoms with van der Waals surface area (Å²) < 4.78 is 5.74. The highest BCUT2D eigenvalue weighted by atomic mass is 32.2. The van der Waals surface area contributed by atoms with Gasteiger partial charge in [-0.3, -0.25) is 14.6 Å². The summed E-state index contributed by atoms with van der Waals surface area (Å²) in [5, 5.41) is 12.6. The van der Waals surface area contributed by atoms with Gasteiger partial charge in [0.25, 0.3) is 5.91 Å². The Kier molecular flexibility index (Phi) is 6.59. The molecular formula is C22H25N5O3S. The lowest BCUT2D eigenvalue weighted by Gasteiger charge is -2.22. The minimum atomic E-state index is -0.431. The number of pyridine rings is 1. The highest BCUT2D eigenvalue weighted by Gasteiger charge is 2.29. The quantitative estimate of drug-likeness (QED) is 0.778. The van der Waals surface area contributed by atoms with Gasteiger partial charge in [0.15, 0.2) is 0 Å². The summed E-state index contributed by atoms with van der Waals surface area (Å²) in [6, 6.07) is 9.29. The molecule has 2 saturated heterocycles. The van der Waals surface area contributed by atoms with Crippen LogP contribution < -0.4 is 10.2 Å². The van der Waals surface area contributed by atoms with Crippen molar-refractivity contribution in [2.75, 3.05) is 42.8 Å². The number of hydrogen-bond acceptors (Lipinski definition) is 7. The van der Waals surface area contributed by atoms with Crippen molar-refractivity contribution in [3.63, 3.8) is 0 Å². The number of anilines is 1. The molecule has 4 rings (SSSR count). The Balaban J connectivity index is 1.51. The number of benzene rings is 1. The molecule has 0 bridgehead atoms. The number of nitriles is 1. The van der Waals surface area contributed by atoms with Crippen molar-refractivity contribution in [3.8, 4) is 6.07 Å². The largest absolute Gasteiger partial charge is 0.377 e. The van der Waals surface area contributed by atoms with Gasteiger partial charge in [-0.15, -0.1) is 11.8 Å². The number of hydrogen-bond donors (Lipinski definition) is 1. The lowest BCUT2D eigenvalue weighted by molar-refractivity contribution is -0.129.